The summed E-state index contributed by atoms with van der Waals surface area (Å²) in [5.74, 6) is 2.97. The Labute approximate surface area is 93.4 Å². The molecule has 0 heterocycles. The quantitative estimate of drug-likeness (QED) is 0.523. The van der Waals surface area contributed by atoms with Crippen LogP contribution in [0.25, 0.3) is 0 Å². The second-order valence-corrected chi connectivity index (χ2v) is 4.26. The van der Waals surface area contributed by atoms with Gasteiger partial charge >= 0.3 is 29.6 Å². The molecule has 0 aromatic heterocycles. The topological polar surface area (TPSA) is 0 Å². The van der Waals surface area contributed by atoms with E-state index in [4.69, 9.17) is 0 Å². The van der Waals surface area contributed by atoms with Crippen molar-refractivity contribution < 1.29 is 0 Å². The summed E-state index contributed by atoms with van der Waals surface area (Å²) >= 11 is 0. The Morgan fingerprint density at radius 3 is 1.82 bits per heavy atom. The van der Waals surface area contributed by atoms with E-state index in [0.29, 0.717) is 0 Å². The first-order valence-electron chi connectivity index (χ1n) is 4.70. The van der Waals surface area contributed by atoms with Gasteiger partial charge in [-0.05, 0) is 30.6 Å². The Morgan fingerprint density at radius 1 is 1.00 bits per heavy atom. The van der Waals surface area contributed by atoms with Crippen molar-refractivity contribution in [3.05, 3.63) is 0 Å². The van der Waals surface area contributed by atoms with Gasteiger partial charge in [-0.25, -0.2) is 0 Å². The molecule has 0 nitrogen and oxygen atoms in total. The van der Waals surface area contributed by atoms with Crippen molar-refractivity contribution >= 4 is 29.6 Å². The fourth-order valence-corrected chi connectivity index (χ4v) is 1.95. The van der Waals surface area contributed by atoms with E-state index < -0.39 is 0 Å². The minimum absolute atomic E-state index is 0. The summed E-state index contributed by atoms with van der Waals surface area (Å²) in [4.78, 5) is 0. The van der Waals surface area contributed by atoms with Gasteiger partial charge < -0.3 is 0 Å². The molecular formula is C10H21Na. The van der Waals surface area contributed by atoms with Crippen LogP contribution in [0.4, 0.5) is 0 Å². The van der Waals surface area contributed by atoms with Crippen molar-refractivity contribution in [1.29, 1.82) is 0 Å². The van der Waals surface area contributed by atoms with E-state index in [2.05, 4.69) is 20.8 Å². The molecule has 1 rings (SSSR count). The summed E-state index contributed by atoms with van der Waals surface area (Å²) in [6.45, 7) is 7.11. The van der Waals surface area contributed by atoms with Crippen LogP contribution in [0.1, 0.15) is 46.5 Å². The Hall–Kier alpha value is 1.00. The summed E-state index contributed by atoms with van der Waals surface area (Å²) in [7, 11) is 0. The van der Waals surface area contributed by atoms with E-state index in [1.807, 2.05) is 0 Å². The van der Waals surface area contributed by atoms with Gasteiger partial charge in [-0.3, -0.25) is 0 Å². The minimum atomic E-state index is 0. The second kappa shape index (κ2) is 5.61. The summed E-state index contributed by atoms with van der Waals surface area (Å²) in [5.41, 5.74) is 0. The van der Waals surface area contributed by atoms with Gasteiger partial charge in [0.1, 0.15) is 0 Å². The molecule has 0 unspecified atom stereocenters. The van der Waals surface area contributed by atoms with Crippen LogP contribution in [-0.2, 0) is 0 Å². The maximum absolute atomic E-state index is 2.39. The van der Waals surface area contributed by atoms with Crippen molar-refractivity contribution in [1.82, 2.24) is 0 Å². The third kappa shape index (κ3) is 3.96. The first-order valence-corrected chi connectivity index (χ1v) is 4.70. The van der Waals surface area contributed by atoms with E-state index in [1.165, 1.54) is 25.7 Å². The Kier molecular flexibility index (Phi) is 6.12. The van der Waals surface area contributed by atoms with Crippen LogP contribution in [0, 0.1) is 17.8 Å². The SMILES string of the molecule is CC1CCC(C(C)C)CC1.[NaH]. The predicted octanol–water partition coefficient (Wildman–Crippen LogP) is 2.82. The van der Waals surface area contributed by atoms with Crippen LogP contribution >= 0.6 is 0 Å². The molecule has 1 aliphatic carbocycles. The summed E-state index contributed by atoms with van der Waals surface area (Å²) < 4.78 is 0. The van der Waals surface area contributed by atoms with Gasteiger partial charge in [0.15, 0.2) is 0 Å². The molecule has 1 fully saturated rings. The average molecular weight is 164 g/mol. The first kappa shape index (κ1) is 12.0. The third-order valence-electron chi connectivity index (χ3n) is 3.00. The molecule has 0 radical (unpaired) electrons. The molecule has 0 amide bonds. The van der Waals surface area contributed by atoms with Crippen molar-refractivity contribution in [2.24, 2.45) is 17.8 Å². The monoisotopic (exact) mass is 164 g/mol. The van der Waals surface area contributed by atoms with Gasteiger partial charge in [0.25, 0.3) is 0 Å². The Bertz CT molecular complexity index is 91.0. The average Bonchev–Trinajstić information content (AvgIpc) is 1.88. The van der Waals surface area contributed by atoms with Crippen molar-refractivity contribution in [2.75, 3.05) is 0 Å². The molecule has 1 aliphatic rings. The summed E-state index contributed by atoms with van der Waals surface area (Å²) in [6, 6.07) is 0. The van der Waals surface area contributed by atoms with E-state index >= 15 is 0 Å². The van der Waals surface area contributed by atoms with Gasteiger partial charge in [0.2, 0.25) is 0 Å². The van der Waals surface area contributed by atoms with Gasteiger partial charge in [-0.15, -0.1) is 0 Å². The summed E-state index contributed by atoms with van der Waals surface area (Å²) in [6.07, 6.45) is 5.92. The van der Waals surface area contributed by atoms with Gasteiger partial charge in [-0.1, -0.05) is 33.6 Å². The maximum atomic E-state index is 2.39. The van der Waals surface area contributed by atoms with Crippen LogP contribution in [0.2, 0.25) is 0 Å². The third-order valence-corrected chi connectivity index (χ3v) is 3.00. The van der Waals surface area contributed by atoms with Crippen LogP contribution in [0.5, 0.6) is 0 Å². The first-order chi connectivity index (χ1) is 4.70. The molecule has 0 bridgehead atoms. The zero-order chi connectivity index (χ0) is 7.56. The van der Waals surface area contributed by atoms with Gasteiger partial charge in [0.05, 0.1) is 0 Å². The number of rotatable bonds is 1. The molecule has 1 heteroatoms. The molecule has 0 aromatic carbocycles. The molecule has 0 spiro atoms. The van der Waals surface area contributed by atoms with Crippen LogP contribution in [0.15, 0.2) is 0 Å². The zero-order valence-corrected chi connectivity index (χ0v) is 7.56. The van der Waals surface area contributed by atoms with Crippen molar-refractivity contribution in [3.63, 3.8) is 0 Å². The Morgan fingerprint density at radius 2 is 1.45 bits per heavy atom. The van der Waals surface area contributed by atoms with Gasteiger partial charge in [0, 0.05) is 0 Å². The van der Waals surface area contributed by atoms with E-state index in [0.717, 1.165) is 17.8 Å². The normalized spacial score (nSPS) is 31.6. The number of hydrogen-bond acceptors (Lipinski definition) is 0. The van der Waals surface area contributed by atoms with Crippen molar-refractivity contribution in [3.8, 4) is 0 Å². The fourth-order valence-electron chi connectivity index (χ4n) is 1.95. The predicted molar refractivity (Wildman–Crippen MR) is 53.1 cm³/mol. The molecule has 0 aromatic rings. The molecular weight excluding hydrogens is 143 g/mol. The van der Waals surface area contributed by atoms with E-state index in [1.54, 1.807) is 0 Å². The van der Waals surface area contributed by atoms with Crippen LogP contribution < -0.4 is 0 Å². The van der Waals surface area contributed by atoms with E-state index in [9.17, 15) is 0 Å². The molecule has 0 N–H and O–H groups in total. The molecule has 0 atom stereocenters. The molecule has 0 saturated heterocycles. The van der Waals surface area contributed by atoms with E-state index in [-0.39, 0.29) is 29.6 Å². The molecule has 0 aliphatic heterocycles. The second-order valence-electron chi connectivity index (χ2n) is 4.26. The fraction of sp³-hybridized carbons (Fsp3) is 1.00. The zero-order valence-electron chi connectivity index (χ0n) is 7.56. The standard InChI is InChI=1S/C10H20.Na.H/c1-8(2)10-6-4-9(3)5-7-10;;/h8-10H,4-7H2,1-3H3;;. The molecule has 11 heavy (non-hydrogen) atoms. The van der Waals surface area contributed by atoms with Gasteiger partial charge in [-0.2, -0.15) is 0 Å². The molecule has 1 saturated carbocycles. The Balaban J connectivity index is 0.000001000. The molecule has 62 valence electrons. The van der Waals surface area contributed by atoms with Crippen molar-refractivity contribution in [2.45, 2.75) is 46.5 Å². The number of hydrogen-bond donors (Lipinski definition) is 0. The summed E-state index contributed by atoms with van der Waals surface area (Å²) in [5, 5.41) is 0. The van der Waals surface area contributed by atoms with Crippen LogP contribution in [0.3, 0.4) is 0 Å². The van der Waals surface area contributed by atoms with Crippen LogP contribution in [-0.4, -0.2) is 29.6 Å².